The first-order valence-electron chi connectivity index (χ1n) is 6.26. The summed E-state index contributed by atoms with van der Waals surface area (Å²) in [6, 6.07) is 3.30. The summed E-state index contributed by atoms with van der Waals surface area (Å²) in [5.41, 5.74) is 1.36. The molecule has 0 aliphatic carbocycles. The van der Waals surface area contributed by atoms with Gasteiger partial charge in [-0.15, -0.1) is 0 Å². The molecule has 0 fully saturated rings. The molecule has 0 atom stereocenters. The Hall–Kier alpha value is -2.73. The van der Waals surface area contributed by atoms with Gasteiger partial charge < -0.3 is 15.5 Å². The van der Waals surface area contributed by atoms with E-state index in [4.69, 9.17) is 11.6 Å². The first-order valence-corrected chi connectivity index (χ1v) is 6.64. The summed E-state index contributed by atoms with van der Waals surface area (Å²) < 4.78 is 1.46. The first-order chi connectivity index (χ1) is 10.4. The smallest absolute Gasteiger partial charge is 0.355 e. The maximum Gasteiger partial charge on any atom is 0.355 e. The summed E-state index contributed by atoms with van der Waals surface area (Å²) in [5.74, 6) is -1.27. The first kappa shape index (κ1) is 15.7. The van der Waals surface area contributed by atoms with Crippen molar-refractivity contribution in [3.8, 4) is 0 Å². The number of aromatic carboxylic acids is 1. The van der Waals surface area contributed by atoms with E-state index in [2.05, 4.69) is 23.5 Å². The van der Waals surface area contributed by atoms with Crippen molar-refractivity contribution in [3.63, 3.8) is 0 Å². The van der Waals surface area contributed by atoms with Gasteiger partial charge in [0.1, 0.15) is 11.4 Å². The maximum absolute atomic E-state index is 11.5. The second-order valence-corrected chi connectivity index (χ2v) is 4.96. The number of allylic oxidation sites excluding steroid dienone is 2. The highest BCUT2D eigenvalue weighted by Gasteiger charge is 2.15. The average molecular weight is 320 g/mol. The minimum absolute atomic E-state index is 0.0441. The lowest BCUT2D eigenvalue weighted by atomic mass is 10.2. The number of aliphatic hydroxyl groups excluding tert-OH is 1. The molecule has 22 heavy (non-hydrogen) atoms. The van der Waals surface area contributed by atoms with E-state index < -0.39 is 5.97 Å². The van der Waals surface area contributed by atoms with Gasteiger partial charge >= 0.3 is 5.97 Å². The van der Waals surface area contributed by atoms with Gasteiger partial charge in [-0.1, -0.05) is 24.8 Å². The summed E-state index contributed by atoms with van der Waals surface area (Å²) in [6.07, 6.45) is 4.53. The van der Waals surface area contributed by atoms with Crippen molar-refractivity contribution >= 4 is 28.9 Å². The lowest BCUT2D eigenvalue weighted by molar-refractivity contribution is 0.0690. The van der Waals surface area contributed by atoms with Crippen molar-refractivity contribution in [2.75, 3.05) is 11.9 Å². The Bertz CT molecular complexity index is 792. The van der Waals surface area contributed by atoms with Crippen LogP contribution in [0.15, 0.2) is 60.1 Å². The Morgan fingerprint density at radius 2 is 2.14 bits per heavy atom. The number of carboxylic acids is 1. The van der Waals surface area contributed by atoms with Crippen LogP contribution in [0, 0.1) is 0 Å². The topological polar surface area (TPSA) is 86.9 Å². The number of rotatable bonds is 6. The summed E-state index contributed by atoms with van der Waals surface area (Å²) >= 11 is 5.69. The van der Waals surface area contributed by atoms with Crippen molar-refractivity contribution in [1.82, 2.24) is 9.38 Å². The Morgan fingerprint density at radius 1 is 1.41 bits per heavy atom. The van der Waals surface area contributed by atoms with Crippen LogP contribution >= 0.6 is 11.6 Å². The summed E-state index contributed by atoms with van der Waals surface area (Å²) in [4.78, 5) is 15.5. The highest BCUT2D eigenvalue weighted by molar-refractivity contribution is 6.30. The van der Waals surface area contributed by atoms with Crippen LogP contribution in [-0.2, 0) is 0 Å². The molecule has 0 saturated carbocycles. The van der Waals surface area contributed by atoms with Gasteiger partial charge in [0.05, 0.1) is 5.69 Å². The number of aromatic nitrogens is 2. The van der Waals surface area contributed by atoms with Crippen molar-refractivity contribution in [2.45, 2.75) is 0 Å². The minimum Gasteiger partial charge on any atom is -0.508 e. The molecule has 2 rings (SSSR count). The normalized spacial score (nSPS) is 11.4. The van der Waals surface area contributed by atoms with Crippen molar-refractivity contribution in [3.05, 3.63) is 65.8 Å². The molecule has 3 N–H and O–H groups in total. The fourth-order valence-corrected chi connectivity index (χ4v) is 2.10. The van der Waals surface area contributed by atoms with E-state index in [1.807, 2.05) is 0 Å². The predicted molar refractivity (Wildman–Crippen MR) is 85.5 cm³/mol. The van der Waals surface area contributed by atoms with Gasteiger partial charge in [0.15, 0.2) is 5.69 Å². The van der Waals surface area contributed by atoms with Crippen LogP contribution in [0.4, 0.5) is 5.69 Å². The van der Waals surface area contributed by atoms with Crippen molar-refractivity contribution in [2.24, 2.45) is 0 Å². The third-order valence-corrected chi connectivity index (χ3v) is 3.05. The zero-order valence-electron chi connectivity index (χ0n) is 11.6. The molecule has 6 nitrogen and oxygen atoms in total. The van der Waals surface area contributed by atoms with Gasteiger partial charge in [0.2, 0.25) is 0 Å². The molecule has 0 spiro atoms. The molecule has 7 heteroatoms. The second kappa shape index (κ2) is 6.36. The van der Waals surface area contributed by atoms with Gasteiger partial charge in [0.25, 0.3) is 0 Å². The summed E-state index contributed by atoms with van der Waals surface area (Å²) in [6.45, 7) is 7.09. The average Bonchev–Trinajstić information content (AvgIpc) is 2.89. The number of nitrogens with zero attached hydrogens (tertiary/aromatic N) is 2. The van der Waals surface area contributed by atoms with E-state index in [9.17, 15) is 15.0 Å². The van der Waals surface area contributed by atoms with E-state index >= 15 is 0 Å². The van der Waals surface area contributed by atoms with Crippen LogP contribution in [-0.4, -0.2) is 32.1 Å². The Balaban J connectivity index is 2.35. The van der Waals surface area contributed by atoms with E-state index in [0.717, 1.165) is 0 Å². The number of carboxylic acid groups (broad SMARTS) is 1. The molecule has 0 aliphatic heterocycles. The molecule has 2 aromatic heterocycles. The van der Waals surface area contributed by atoms with Crippen LogP contribution in [0.3, 0.4) is 0 Å². The SMILES string of the molecule is C=C(Cl)/C=C(/CNc1ccc2nccn2c1C(=O)O)C(=C)O. The fourth-order valence-electron chi connectivity index (χ4n) is 1.97. The fraction of sp³-hybridized carbons (Fsp3) is 0.0667. The molecule has 0 amide bonds. The Morgan fingerprint density at radius 3 is 2.73 bits per heavy atom. The molecule has 0 radical (unpaired) electrons. The predicted octanol–water partition coefficient (Wildman–Crippen LogP) is 3.20. The molecule has 0 bridgehead atoms. The van der Waals surface area contributed by atoms with Crippen LogP contribution < -0.4 is 5.32 Å². The largest absolute Gasteiger partial charge is 0.508 e. The molecule has 0 saturated heterocycles. The Labute approximate surface area is 131 Å². The lowest BCUT2D eigenvalue weighted by Crippen LogP contribution is -2.13. The highest BCUT2D eigenvalue weighted by atomic mass is 35.5. The molecule has 0 aliphatic rings. The molecular weight excluding hydrogens is 306 g/mol. The zero-order chi connectivity index (χ0) is 16.3. The third kappa shape index (κ3) is 3.29. The van der Waals surface area contributed by atoms with E-state index in [1.54, 1.807) is 18.3 Å². The second-order valence-electron chi connectivity index (χ2n) is 4.47. The van der Waals surface area contributed by atoms with Gasteiger partial charge in [-0.25, -0.2) is 9.78 Å². The molecule has 0 aromatic carbocycles. The number of imidazole rings is 1. The summed E-state index contributed by atoms with van der Waals surface area (Å²) in [5, 5.41) is 22.1. The molecule has 2 heterocycles. The molecule has 2 aromatic rings. The van der Waals surface area contributed by atoms with E-state index in [-0.39, 0.29) is 23.0 Å². The van der Waals surface area contributed by atoms with Crippen molar-refractivity contribution < 1.29 is 15.0 Å². The zero-order valence-corrected chi connectivity index (χ0v) is 12.3. The number of hydrogen-bond donors (Lipinski definition) is 3. The van der Waals surface area contributed by atoms with E-state index in [0.29, 0.717) is 16.9 Å². The summed E-state index contributed by atoms with van der Waals surface area (Å²) in [7, 11) is 0. The Kier molecular flexibility index (Phi) is 4.53. The number of carbonyl (C=O) groups is 1. The van der Waals surface area contributed by atoms with Crippen LogP contribution in [0.1, 0.15) is 10.5 Å². The number of hydrogen-bond acceptors (Lipinski definition) is 4. The van der Waals surface area contributed by atoms with Crippen LogP contribution in [0.25, 0.3) is 5.65 Å². The van der Waals surface area contributed by atoms with Gasteiger partial charge in [-0.05, 0) is 18.2 Å². The highest BCUT2D eigenvalue weighted by Crippen LogP contribution is 2.19. The standard InChI is InChI=1S/C15H14ClN3O3/c1-9(16)7-11(10(2)20)8-18-12-3-4-13-17-5-6-19(13)14(12)15(21)22/h3-7,18,20H,1-2,8H2,(H,21,22)/b11-7-. The van der Waals surface area contributed by atoms with Crippen LogP contribution in [0.5, 0.6) is 0 Å². The lowest BCUT2D eigenvalue weighted by Gasteiger charge is -2.13. The van der Waals surface area contributed by atoms with E-state index in [1.165, 1.54) is 16.7 Å². The number of aliphatic hydroxyl groups is 1. The monoisotopic (exact) mass is 319 g/mol. The van der Waals surface area contributed by atoms with Gasteiger partial charge in [0, 0.05) is 29.5 Å². The third-order valence-electron chi connectivity index (χ3n) is 2.94. The molecular formula is C15H14ClN3O3. The maximum atomic E-state index is 11.5. The number of anilines is 1. The van der Waals surface area contributed by atoms with Gasteiger partial charge in [-0.2, -0.15) is 0 Å². The minimum atomic E-state index is -1.10. The molecule has 0 unspecified atom stereocenters. The van der Waals surface area contributed by atoms with Crippen LogP contribution in [0.2, 0.25) is 0 Å². The van der Waals surface area contributed by atoms with Gasteiger partial charge in [-0.3, -0.25) is 4.40 Å². The number of nitrogens with one attached hydrogen (secondary N) is 1. The number of halogens is 1. The molecule has 114 valence electrons. The quantitative estimate of drug-likeness (QED) is 0.562. The number of fused-ring (bicyclic) bond motifs is 1. The number of pyridine rings is 1. The van der Waals surface area contributed by atoms with Crippen molar-refractivity contribution in [1.29, 1.82) is 0 Å².